The van der Waals surface area contributed by atoms with Gasteiger partial charge in [0.2, 0.25) is 0 Å². The highest BCUT2D eigenvalue weighted by Crippen LogP contribution is 2.32. The fourth-order valence-electron chi connectivity index (χ4n) is 1.87. The van der Waals surface area contributed by atoms with Gasteiger partial charge in [-0.15, -0.1) is 0 Å². The normalized spacial score (nSPS) is 10.6. The van der Waals surface area contributed by atoms with E-state index in [1.807, 2.05) is 0 Å². The molecule has 0 saturated heterocycles. The Morgan fingerprint density at radius 2 is 2.06 bits per heavy atom. The zero-order chi connectivity index (χ0) is 13.3. The molecular formula is C14H14O4. The quantitative estimate of drug-likeness (QED) is 0.777. The molecular weight excluding hydrogens is 232 g/mol. The number of ether oxygens (including phenoxy) is 1. The first-order valence-electron chi connectivity index (χ1n) is 5.73. The van der Waals surface area contributed by atoms with Crippen LogP contribution in [0.4, 0.5) is 0 Å². The highest BCUT2D eigenvalue weighted by molar-refractivity contribution is 6.10. The van der Waals surface area contributed by atoms with E-state index in [0.29, 0.717) is 28.7 Å². The van der Waals surface area contributed by atoms with E-state index >= 15 is 0 Å². The molecule has 4 heteroatoms. The van der Waals surface area contributed by atoms with Crippen LogP contribution in [-0.2, 0) is 0 Å². The first kappa shape index (κ1) is 12.4. The molecule has 0 aliphatic carbocycles. The van der Waals surface area contributed by atoms with Gasteiger partial charge in [-0.05, 0) is 18.2 Å². The maximum atomic E-state index is 11.8. The summed E-state index contributed by atoms with van der Waals surface area (Å²) in [6.45, 7) is 3.22. The lowest BCUT2D eigenvalue weighted by Gasteiger charge is -2.03. The predicted octanol–water partition coefficient (Wildman–Crippen LogP) is 3.24. The van der Waals surface area contributed by atoms with Gasteiger partial charge in [0.05, 0.1) is 7.11 Å². The molecule has 0 unspecified atom stereocenters. The Kier molecular flexibility index (Phi) is 3.19. The molecule has 0 bridgehead atoms. The molecule has 18 heavy (non-hydrogen) atoms. The summed E-state index contributed by atoms with van der Waals surface area (Å²) in [7, 11) is 1.52. The van der Waals surface area contributed by atoms with Gasteiger partial charge in [-0.3, -0.25) is 9.59 Å². The van der Waals surface area contributed by atoms with Crippen LogP contribution in [0.3, 0.4) is 0 Å². The third-order valence-electron chi connectivity index (χ3n) is 2.84. The maximum Gasteiger partial charge on any atom is 0.194 e. The summed E-state index contributed by atoms with van der Waals surface area (Å²) < 4.78 is 10.6. The lowest BCUT2D eigenvalue weighted by Crippen LogP contribution is -1.97. The average Bonchev–Trinajstić information content (AvgIpc) is 2.81. The number of furan rings is 1. The highest BCUT2D eigenvalue weighted by atomic mass is 16.5. The Balaban J connectivity index is 2.75. The van der Waals surface area contributed by atoms with Crippen molar-refractivity contribution in [2.45, 2.75) is 20.3 Å². The second-order valence-corrected chi connectivity index (χ2v) is 4.00. The van der Waals surface area contributed by atoms with Gasteiger partial charge >= 0.3 is 0 Å². The number of benzene rings is 1. The van der Waals surface area contributed by atoms with Crippen LogP contribution >= 0.6 is 0 Å². The number of hydrogen-bond acceptors (Lipinski definition) is 4. The summed E-state index contributed by atoms with van der Waals surface area (Å²) in [5.41, 5.74) is 1.01. The summed E-state index contributed by atoms with van der Waals surface area (Å²) in [4.78, 5) is 23.2. The highest BCUT2D eigenvalue weighted by Gasteiger charge is 2.17. The molecule has 94 valence electrons. The number of carbonyl (C=O) groups excluding carboxylic acids is 2. The van der Waals surface area contributed by atoms with E-state index < -0.39 is 0 Å². The fourth-order valence-corrected chi connectivity index (χ4v) is 1.87. The summed E-state index contributed by atoms with van der Waals surface area (Å²) >= 11 is 0. The number of methoxy groups -OCH3 is 1. The number of rotatable bonds is 4. The molecule has 1 heterocycles. The predicted molar refractivity (Wildman–Crippen MR) is 67.4 cm³/mol. The zero-order valence-corrected chi connectivity index (χ0v) is 10.6. The molecule has 4 nitrogen and oxygen atoms in total. The van der Waals surface area contributed by atoms with Crippen molar-refractivity contribution < 1.29 is 18.7 Å². The van der Waals surface area contributed by atoms with Crippen LogP contribution in [0.5, 0.6) is 5.75 Å². The van der Waals surface area contributed by atoms with Gasteiger partial charge in [0.25, 0.3) is 0 Å². The third-order valence-corrected chi connectivity index (χ3v) is 2.84. The molecule has 0 aliphatic rings. The minimum atomic E-state index is -0.178. The second-order valence-electron chi connectivity index (χ2n) is 4.00. The maximum absolute atomic E-state index is 11.8. The molecule has 0 radical (unpaired) electrons. The van der Waals surface area contributed by atoms with E-state index in [0.717, 1.165) is 0 Å². The number of ketones is 2. The number of carbonyl (C=O) groups is 2. The molecule has 0 N–H and O–H groups in total. The van der Waals surface area contributed by atoms with Crippen LogP contribution in [-0.4, -0.2) is 18.7 Å². The lowest BCUT2D eigenvalue weighted by atomic mass is 10.0. The van der Waals surface area contributed by atoms with E-state index in [9.17, 15) is 9.59 Å². The van der Waals surface area contributed by atoms with Crippen molar-refractivity contribution in [3.63, 3.8) is 0 Å². The smallest absolute Gasteiger partial charge is 0.194 e. The third kappa shape index (κ3) is 1.90. The average molecular weight is 246 g/mol. The Labute approximate surface area is 105 Å². The first-order valence-corrected chi connectivity index (χ1v) is 5.73. The fraction of sp³-hybridized carbons (Fsp3) is 0.286. The van der Waals surface area contributed by atoms with Crippen molar-refractivity contribution in [1.82, 2.24) is 0 Å². The molecule has 0 saturated carbocycles. The van der Waals surface area contributed by atoms with Crippen LogP contribution < -0.4 is 4.74 Å². The Morgan fingerprint density at radius 1 is 1.33 bits per heavy atom. The molecule has 1 aromatic heterocycles. The van der Waals surface area contributed by atoms with Crippen molar-refractivity contribution in [3.8, 4) is 5.75 Å². The van der Waals surface area contributed by atoms with Gasteiger partial charge in [0.15, 0.2) is 28.7 Å². The topological polar surface area (TPSA) is 56.5 Å². The van der Waals surface area contributed by atoms with Crippen molar-refractivity contribution in [1.29, 1.82) is 0 Å². The van der Waals surface area contributed by atoms with Crippen molar-refractivity contribution in [2.75, 3.05) is 7.11 Å². The largest absolute Gasteiger partial charge is 0.493 e. The standard InChI is InChI=1S/C14H14O4/c1-4-11(16)9-5-6-12(17-3)14-10(9)7-13(18-14)8(2)15/h5-7H,4H2,1-3H3. The van der Waals surface area contributed by atoms with Crippen molar-refractivity contribution in [2.24, 2.45) is 0 Å². The summed E-state index contributed by atoms with van der Waals surface area (Å²) in [6, 6.07) is 4.98. The molecule has 0 spiro atoms. The van der Waals surface area contributed by atoms with Crippen LogP contribution in [0, 0.1) is 0 Å². The minimum absolute atomic E-state index is 0.0126. The van der Waals surface area contributed by atoms with Gasteiger partial charge in [0.1, 0.15) is 0 Å². The number of fused-ring (bicyclic) bond motifs is 1. The van der Waals surface area contributed by atoms with Crippen LogP contribution in [0.25, 0.3) is 11.0 Å². The Hall–Kier alpha value is -2.10. The molecule has 0 fully saturated rings. The minimum Gasteiger partial charge on any atom is -0.493 e. The van der Waals surface area contributed by atoms with E-state index in [1.54, 1.807) is 25.1 Å². The van der Waals surface area contributed by atoms with E-state index in [4.69, 9.17) is 9.15 Å². The van der Waals surface area contributed by atoms with Gasteiger partial charge in [-0.2, -0.15) is 0 Å². The van der Waals surface area contributed by atoms with E-state index in [1.165, 1.54) is 14.0 Å². The molecule has 1 aromatic carbocycles. The van der Waals surface area contributed by atoms with E-state index in [-0.39, 0.29) is 17.3 Å². The molecule has 0 atom stereocenters. The molecule has 2 rings (SSSR count). The number of Topliss-reactive ketones (excluding diaryl/α,β-unsaturated/α-hetero) is 2. The number of hydrogen-bond donors (Lipinski definition) is 0. The molecule has 0 amide bonds. The SMILES string of the molecule is CCC(=O)c1ccc(OC)c2oc(C(C)=O)cc12. The van der Waals surface area contributed by atoms with E-state index in [2.05, 4.69) is 0 Å². The van der Waals surface area contributed by atoms with Gasteiger partial charge < -0.3 is 9.15 Å². The van der Waals surface area contributed by atoms with Crippen LogP contribution in [0.1, 0.15) is 41.2 Å². The molecule has 2 aromatic rings. The summed E-state index contributed by atoms with van der Waals surface area (Å²) in [5, 5.41) is 0.631. The van der Waals surface area contributed by atoms with Crippen LogP contribution in [0.2, 0.25) is 0 Å². The van der Waals surface area contributed by atoms with Crippen molar-refractivity contribution in [3.05, 3.63) is 29.5 Å². The van der Waals surface area contributed by atoms with Crippen LogP contribution in [0.15, 0.2) is 22.6 Å². The van der Waals surface area contributed by atoms with Gasteiger partial charge in [-0.1, -0.05) is 6.92 Å². The van der Waals surface area contributed by atoms with Gasteiger partial charge in [0, 0.05) is 24.3 Å². The first-order chi connectivity index (χ1) is 8.58. The summed E-state index contributed by atoms with van der Waals surface area (Å²) in [6.07, 6.45) is 0.405. The summed E-state index contributed by atoms with van der Waals surface area (Å²) in [5.74, 6) is 0.589. The van der Waals surface area contributed by atoms with Crippen molar-refractivity contribution >= 4 is 22.5 Å². The monoisotopic (exact) mass is 246 g/mol. The Morgan fingerprint density at radius 3 is 2.61 bits per heavy atom. The van der Waals surface area contributed by atoms with Gasteiger partial charge in [-0.25, -0.2) is 0 Å². The lowest BCUT2D eigenvalue weighted by molar-refractivity contribution is 0.0981. The second kappa shape index (κ2) is 4.64. The zero-order valence-electron chi connectivity index (χ0n) is 10.6. The molecule has 0 aliphatic heterocycles. The Bertz CT molecular complexity index is 622.